The predicted molar refractivity (Wildman–Crippen MR) is 45.1 cm³/mol. The molecule has 0 aliphatic carbocycles. The van der Waals surface area contributed by atoms with Crippen molar-refractivity contribution < 1.29 is 28.9 Å². The molecule has 0 amide bonds. The second kappa shape index (κ2) is 6.48. The van der Waals surface area contributed by atoms with E-state index in [-0.39, 0.29) is 6.61 Å². The first-order valence-electron chi connectivity index (χ1n) is 3.86. The van der Waals surface area contributed by atoms with Gasteiger partial charge in [-0.05, 0) is 6.42 Å². The molecule has 80 valence electrons. The molecule has 0 radical (unpaired) electrons. The maximum absolute atomic E-state index is 11.7. The molecule has 13 heavy (non-hydrogen) atoms. The van der Waals surface area contributed by atoms with E-state index in [1.54, 1.807) is 6.92 Å². The lowest BCUT2D eigenvalue weighted by Crippen LogP contribution is -2.17. The molecule has 0 aromatic rings. The van der Waals surface area contributed by atoms with E-state index in [0.29, 0.717) is 6.42 Å². The van der Waals surface area contributed by atoms with Crippen molar-refractivity contribution in [2.24, 2.45) is 0 Å². The Kier molecular flexibility index (Phi) is 6.49. The molecule has 0 spiro atoms. The van der Waals surface area contributed by atoms with Gasteiger partial charge in [0.25, 0.3) is 0 Å². The molecule has 0 saturated heterocycles. The highest BCUT2D eigenvalue weighted by Crippen LogP contribution is 2.53. The molecule has 3 N–H and O–H groups in total. The third-order valence-corrected chi connectivity index (χ3v) is 3.98. The van der Waals surface area contributed by atoms with Crippen molar-refractivity contribution >= 4 is 7.60 Å². The first-order valence-corrected chi connectivity index (χ1v) is 5.47. The molecular weight excluding hydrogens is 199 g/mol. The highest BCUT2D eigenvalue weighted by Gasteiger charge is 2.34. The first kappa shape index (κ1) is 13.0. The van der Waals surface area contributed by atoms with Gasteiger partial charge in [-0.1, -0.05) is 6.92 Å². The van der Waals surface area contributed by atoms with Crippen LogP contribution in [0, 0.1) is 0 Å². The average molecular weight is 214 g/mol. The highest BCUT2D eigenvalue weighted by molar-refractivity contribution is 7.54. The van der Waals surface area contributed by atoms with Crippen molar-refractivity contribution in [1.82, 2.24) is 0 Å². The fourth-order valence-corrected chi connectivity index (χ4v) is 2.33. The molecule has 0 aromatic carbocycles. The van der Waals surface area contributed by atoms with Gasteiger partial charge in [0, 0.05) is 0 Å². The molecule has 0 heterocycles. The zero-order valence-electron chi connectivity index (χ0n) is 7.42. The number of rotatable bonds is 7. The molecule has 7 heteroatoms. The van der Waals surface area contributed by atoms with E-state index < -0.39 is 26.8 Å². The molecule has 0 rings (SSSR count). The fourth-order valence-electron chi connectivity index (χ4n) is 0.862. The van der Waals surface area contributed by atoms with E-state index in [1.807, 2.05) is 0 Å². The fraction of sp³-hybridized carbons (Fsp3) is 1.00. The highest BCUT2D eigenvalue weighted by atomic mass is 31.2. The van der Waals surface area contributed by atoms with Crippen LogP contribution in [0.25, 0.3) is 0 Å². The number of hydrogen-bond acceptors (Lipinski definition) is 6. The average Bonchev–Trinajstić information content (AvgIpc) is 2.07. The van der Waals surface area contributed by atoms with Crippen LogP contribution in [-0.2, 0) is 13.6 Å². The Morgan fingerprint density at radius 1 is 1.23 bits per heavy atom. The van der Waals surface area contributed by atoms with Crippen LogP contribution in [0.5, 0.6) is 0 Å². The Labute approximate surface area is 76.6 Å². The standard InChI is InChI=1S/C6H15O6P/c1-2-6(3-7)13(10,11-4-8)12-5-9/h6-9H,2-5H2,1H3. The zero-order valence-corrected chi connectivity index (χ0v) is 8.31. The third-order valence-electron chi connectivity index (χ3n) is 1.60. The molecule has 0 saturated carbocycles. The van der Waals surface area contributed by atoms with Crippen molar-refractivity contribution in [1.29, 1.82) is 0 Å². The van der Waals surface area contributed by atoms with E-state index in [9.17, 15) is 4.57 Å². The van der Waals surface area contributed by atoms with Gasteiger partial charge in [0.15, 0.2) is 13.6 Å². The summed E-state index contributed by atoms with van der Waals surface area (Å²) in [6.45, 7) is -0.232. The van der Waals surface area contributed by atoms with Gasteiger partial charge < -0.3 is 15.3 Å². The minimum atomic E-state index is -3.58. The summed E-state index contributed by atoms with van der Waals surface area (Å²) >= 11 is 0. The lowest BCUT2D eigenvalue weighted by Gasteiger charge is -2.22. The Morgan fingerprint density at radius 3 is 1.92 bits per heavy atom. The first-order chi connectivity index (χ1) is 6.14. The second-order valence-corrected chi connectivity index (χ2v) is 4.63. The number of aliphatic hydroxyl groups excluding tert-OH is 3. The van der Waals surface area contributed by atoms with Crippen LogP contribution < -0.4 is 0 Å². The van der Waals surface area contributed by atoms with Crippen LogP contribution in [-0.4, -0.2) is 41.2 Å². The lowest BCUT2D eigenvalue weighted by atomic mass is 10.3. The summed E-state index contributed by atoms with van der Waals surface area (Å²) in [5.41, 5.74) is -0.716. The quantitative estimate of drug-likeness (QED) is 0.404. The number of aliphatic hydroxyl groups is 3. The molecule has 1 atom stereocenters. The van der Waals surface area contributed by atoms with Gasteiger partial charge in [-0.25, -0.2) is 0 Å². The van der Waals surface area contributed by atoms with E-state index in [0.717, 1.165) is 0 Å². The van der Waals surface area contributed by atoms with Gasteiger partial charge in [-0.3, -0.25) is 13.6 Å². The SMILES string of the molecule is CCC(CO)P(=O)(OCO)OCO. The van der Waals surface area contributed by atoms with Gasteiger partial charge >= 0.3 is 7.60 Å². The van der Waals surface area contributed by atoms with Gasteiger partial charge in [0.2, 0.25) is 0 Å². The normalized spacial score (nSPS) is 14.5. The van der Waals surface area contributed by atoms with Crippen molar-refractivity contribution in [3.8, 4) is 0 Å². The molecular formula is C6H15O6P. The largest absolute Gasteiger partial charge is 0.395 e. The summed E-state index contributed by atoms with van der Waals surface area (Å²) in [6.07, 6.45) is 0.369. The van der Waals surface area contributed by atoms with Gasteiger partial charge in [-0.15, -0.1) is 0 Å². The van der Waals surface area contributed by atoms with Crippen LogP contribution in [0.1, 0.15) is 13.3 Å². The van der Waals surface area contributed by atoms with Gasteiger partial charge in [0.1, 0.15) is 0 Å². The smallest absolute Gasteiger partial charge is 0.340 e. The Bertz CT molecular complexity index is 159. The minimum absolute atomic E-state index is 0.369. The molecule has 0 aromatic heterocycles. The molecule has 0 fully saturated rings. The number of hydrogen-bond donors (Lipinski definition) is 3. The van der Waals surface area contributed by atoms with E-state index in [4.69, 9.17) is 15.3 Å². The Hall–Kier alpha value is 0.0300. The maximum Gasteiger partial charge on any atom is 0.340 e. The van der Waals surface area contributed by atoms with Gasteiger partial charge in [0.05, 0.1) is 12.3 Å². The van der Waals surface area contributed by atoms with Crippen molar-refractivity contribution in [3.63, 3.8) is 0 Å². The van der Waals surface area contributed by atoms with Crippen molar-refractivity contribution in [3.05, 3.63) is 0 Å². The van der Waals surface area contributed by atoms with E-state index in [1.165, 1.54) is 0 Å². The second-order valence-electron chi connectivity index (χ2n) is 2.30. The molecule has 6 nitrogen and oxygen atoms in total. The summed E-state index contributed by atoms with van der Waals surface area (Å²) in [5.74, 6) is 0. The maximum atomic E-state index is 11.7. The van der Waals surface area contributed by atoms with Gasteiger partial charge in [-0.2, -0.15) is 0 Å². The molecule has 0 aliphatic rings. The summed E-state index contributed by atoms with van der Waals surface area (Å²) < 4.78 is 20.6. The summed E-state index contributed by atoms with van der Waals surface area (Å²) in [7, 11) is -3.58. The third kappa shape index (κ3) is 3.72. The van der Waals surface area contributed by atoms with Crippen LogP contribution in [0.3, 0.4) is 0 Å². The summed E-state index contributed by atoms with van der Waals surface area (Å²) in [6, 6.07) is 0. The minimum Gasteiger partial charge on any atom is -0.395 e. The van der Waals surface area contributed by atoms with E-state index in [2.05, 4.69) is 9.05 Å². The molecule has 0 aliphatic heterocycles. The predicted octanol–water partition coefficient (Wildman–Crippen LogP) is -0.117. The monoisotopic (exact) mass is 214 g/mol. The Balaban J connectivity index is 4.44. The molecule has 1 unspecified atom stereocenters. The molecule has 0 bridgehead atoms. The summed E-state index contributed by atoms with van der Waals surface area (Å²) in [5, 5.41) is 25.7. The summed E-state index contributed by atoms with van der Waals surface area (Å²) in [4.78, 5) is 0. The zero-order chi connectivity index (χ0) is 10.3. The Morgan fingerprint density at radius 2 is 1.69 bits per heavy atom. The van der Waals surface area contributed by atoms with Crippen LogP contribution in [0.2, 0.25) is 0 Å². The van der Waals surface area contributed by atoms with Crippen molar-refractivity contribution in [2.45, 2.75) is 19.0 Å². The van der Waals surface area contributed by atoms with Crippen LogP contribution in [0.4, 0.5) is 0 Å². The van der Waals surface area contributed by atoms with Crippen LogP contribution in [0.15, 0.2) is 0 Å². The van der Waals surface area contributed by atoms with Crippen LogP contribution >= 0.6 is 7.60 Å². The lowest BCUT2D eigenvalue weighted by molar-refractivity contribution is 0.0345. The van der Waals surface area contributed by atoms with Crippen molar-refractivity contribution in [2.75, 3.05) is 20.2 Å². The topological polar surface area (TPSA) is 96.2 Å². The van der Waals surface area contributed by atoms with E-state index >= 15 is 0 Å².